The number of morpholine rings is 1. The molecule has 5 N–H and O–H groups in total. The third kappa shape index (κ3) is 8.90. The molecule has 3 fully saturated rings. The molecule has 0 saturated carbocycles. The molecule has 4 aliphatic rings. The van der Waals surface area contributed by atoms with E-state index in [-0.39, 0.29) is 36.9 Å². The molecule has 0 radical (unpaired) electrons. The molecule has 7 unspecified atom stereocenters. The van der Waals surface area contributed by atoms with Gasteiger partial charge in [-0.25, -0.2) is 8.78 Å². The van der Waals surface area contributed by atoms with Crippen LogP contribution >= 0.6 is 0 Å². The van der Waals surface area contributed by atoms with E-state index in [0.717, 1.165) is 32.1 Å². The average molecular weight is 598 g/mol. The van der Waals surface area contributed by atoms with E-state index < -0.39 is 36.5 Å². The third-order valence-corrected chi connectivity index (χ3v) is 9.44. The number of halogens is 2. The van der Waals surface area contributed by atoms with Crippen molar-refractivity contribution in [2.45, 2.75) is 102 Å². The van der Waals surface area contributed by atoms with E-state index in [1.165, 1.54) is 0 Å². The van der Waals surface area contributed by atoms with Gasteiger partial charge in [0.05, 0.1) is 38.0 Å². The second-order valence-electron chi connectivity index (χ2n) is 12.6. The molecule has 4 aliphatic heterocycles. The Bertz CT molecular complexity index is 898. The Labute approximate surface area is 249 Å². The van der Waals surface area contributed by atoms with Crippen molar-refractivity contribution in [3.8, 4) is 0 Å². The first-order valence-electron chi connectivity index (χ1n) is 16.2. The molecule has 0 spiro atoms. The van der Waals surface area contributed by atoms with E-state index in [1.54, 1.807) is 6.92 Å². The monoisotopic (exact) mass is 597 g/mol. The van der Waals surface area contributed by atoms with Gasteiger partial charge in [0.15, 0.2) is 0 Å². The number of hydrogen-bond donors (Lipinski definition) is 4. The Morgan fingerprint density at radius 3 is 2.55 bits per heavy atom. The first kappa shape index (κ1) is 33.2. The van der Waals surface area contributed by atoms with Crippen LogP contribution in [0.2, 0.25) is 0 Å². The maximum atomic E-state index is 15.5. The second kappa shape index (κ2) is 16.4. The number of ether oxygens (including phenoxy) is 1. The van der Waals surface area contributed by atoms with Gasteiger partial charge in [-0.1, -0.05) is 32.6 Å². The fraction of sp³-hybridized carbons (Fsp3) is 0.900. The van der Waals surface area contributed by atoms with Crippen LogP contribution in [0.5, 0.6) is 0 Å². The van der Waals surface area contributed by atoms with E-state index in [0.29, 0.717) is 70.9 Å². The zero-order valence-corrected chi connectivity index (χ0v) is 25.5. The summed E-state index contributed by atoms with van der Waals surface area (Å²) in [6.45, 7) is 8.13. The van der Waals surface area contributed by atoms with Gasteiger partial charge < -0.3 is 26.0 Å². The molecular weight excluding hydrogens is 544 g/mol. The normalized spacial score (nSPS) is 34.2. The molecule has 0 aromatic rings. The summed E-state index contributed by atoms with van der Waals surface area (Å²) < 4.78 is 35.6. The van der Waals surface area contributed by atoms with Crippen LogP contribution in [0.4, 0.5) is 8.78 Å². The molecule has 240 valence electrons. The van der Waals surface area contributed by atoms with Crippen molar-refractivity contribution < 1.29 is 23.1 Å². The summed E-state index contributed by atoms with van der Waals surface area (Å²) >= 11 is 0. The number of alkyl halides is 2. The molecule has 2 amide bonds. The van der Waals surface area contributed by atoms with Crippen LogP contribution in [-0.2, 0) is 14.3 Å². The summed E-state index contributed by atoms with van der Waals surface area (Å²) in [5.41, 5.74) is 7.06. The van der Waals surface area contributed by atoms with E-state index in [9.17, 15) is 14.0 Å². The Balaban J connectivity index is 1.38. The van der Waals surface area contributed by atoms with Crippen LogP contribution in [0.3, 0.4) is 0 Å². The van der Waals surface area contributed by atoms with E-state index in [2.05, 4.69) is 32.8 Å². The van der Waals surface area contributed by atoms with Gasteiger partial charge in [0, 0.05) is 43.9 Å². The number of likely N-dealkylation sites (tertiary alicyclic amines) is 1. The molecule has 3 saturated heterocycles. The van der Waals surface area contributed by atoms with E-state index in [4.69, 9.17) is 10.5 Å². The molecule has 4 heterocycles. The quantitative estimate of drug-likeness (QED) is 0.296. The number of carbonyl (C=O) groups is 2. The number of amides is 2. The molecule has 12 heteroatoms. The van der Waals surface area contributed by atoms with Gasteiger partial charge in [0.2, 0.25) is 11.8 Å². The molecular formula is C30H53F2N7O3. The maximum absolute atomic E-state index is 15.5. The van der Waals surface area contributed by atoms with Crippen molar-refractivity contribution in [3.63, 3.8) is 0 Å². The lowest BCUT2D eigenvalue weighted by atomic mass is 9.89. The highest BCUT2D eigenvalue weighted by Crippen LogP contribution is 2.26. The predicted molar refractivity (Wildman–Crippen MR) is 160 cm³/mol. The fourth-order valence-electron chi connectivity index (χ4n) is 7.04. The van der Waals surface area contributed by atoms with Crippen molar-refractivity contribution in [1.29, 1.82) is 0 Å². The van der Waals surface area contributed by atoms with Gasteiger partial charge in [-0.2, -0.15) is 0 Å². The van der Waals surface area contributed by atoms with Gasteiger partial charge in [0.25, 0.3) is 0 Å². The topological polar surface area (TPSA) is 124 Å². The zero-order chi connectivity index (χ0) is 30.1. The summed E-state index contributed by atoms with van der Waals surface area (Å²) in [7, 11) is 0. The largest absolute Gasteiger partial charge is 0.378 e. The van der Waals surface area contributed by atoms with Gasteiger partial charge in [-0.15, -0.1) is 0 Å². The molecule has 7 atom stereocenters. The Kier molecular flexibility index (Phi) is 12.9. The summed E-state index contributed by atoms with van der Waals surface area (Å²) in [4.78, 5) is 35.2. The highest BCUT2D eigenvalue weighted by Gasteiger charge is 2.42. The van der Waals surface area contributed by atoms with Crippen LogP contribution in [-0.4, -0.2) is 123 Å². The highest BCUT2D eigenvalue weighted by atomic mass is 19.1. The minimum atomic E-state index is -1.17. The minimum Gasteiger partial charge on any atom is -0.378 e. The van der Waals surface area contributed by atoms with Gasteiger partial charge in [0.1, 0.15) is 18.3 Å². The van der Waals surface area contributed by atoms with Gasteiger partial charge in [-0.3, -0.25) is 24.8 Å². The van der Waals surface area contributed by atoms with E-state index in [1.807, 2.05) is 4.90 Å². The van der Waals surface area contributed by atoms with Crippen molar-refractivity contribution in [2.75, 3.05) is 59.0 Å². The summed E-state index contributed by atoms with van der Waals surface area (Å²) in [6.07, 6.45) is 3.76. The Morgan fingerprint density at radius 2 is 1.83 bits per heavy atom. The number of nitrogens with one attached hydrogen (secondary N) is 3. The number of nitrogens with two attached hydrogens (primary N) is 1. The first-order chi connectivity index (χ1) is 20.3. The van der Waals surface area contributed by atoms with Crippen LogP contribution < -0.4 is 21.7 Å². The summed E-state index contributed by atoms with van der Waals surface area (Å²) in [5, 5.41) is 9.56. The second-order valence-corrected chi connectivity index (χ2v) is 12.6. The van der Waals surface area contributed by atoms with Crippen molar-refractivity contribution in [1.82, 2.24) is 25.8 Å². The lowest BCUT2D eigenvalue weighted by molar-refractivity contribution is -0.141. The lowest BCUT2D eigenvalue weighted by Gasteiger charge is -2.45. The maximum Gasteiger partial charge on any atom is 0.232 e. The van der Waals surface area contributed by atoms with Crippen molar-refractivity contribution >= 4 is 17.5 Å². The Hall–Kier alpha value is -1.73. The fourth-order valence-corrected chi connectivity index (χ4v) is 7.04. The third-order valence-electron chi connectivity index (χ3n) is 9.44. The molecule has 42 heavy (non-hydrogen) atoms. The lowest BCUT2D eigenvalue weighted by Crippen LogP contribution is -2.67. The van der Waals surface area contributed by atoms with Gasteiger partial charge >= 0.3 is 0 Å². The SMILES string of the molecule is CCCCCCC1CC(F)CN=C(C)C(C(=O)NC2CNCC(F)C2N2CCC(C(=O)N3CCOCC3)CC2)C(N)N1. The molecule has 0 aromatic heterocycles. The van der Waals surface area contributed by atoms with Crippen LogP contribution in [0.1, 0.15) is 65.2 Å². The van der Waals surface area contributed by atoms with Crippen LogP contribution in [0, 0.1) is 11.8 Å². The highest BCUT2D eigenvalue weighted by molar-refractivity contribution is 6.04. The standard InChI is InChI=1S/C30H53F2N7O3/c1-3-4-5-6-7-23-16-22(31)17-35-20(2)26(28(33)36-23)29(40)37-25-19-34-18-24(32)27(25)38-10-8-21(9-11-38)30(41)39-12-14-42-15-13-39/h21-28,34,36H,3-19,33H2,1-2H3,(H,37,40). The number of hydrogen-bond acceptors (Lipinski definition) is 8. The number of aliphatic imine (C=N–C) groups is 1. The van der Waals surface area contributed by atoms with Crippen LogP contribution in [0.15, 0.2) is 4.99 Å². The zero-order valence-electron chi connectivity index (χ0n) is 25.5. The molecule has 0 bridgehead atoms. The molecule has 0 aromatic carbocycles. The molecule has 4 rings (SSSR count). The summed E-state index contributed by atoms with van der Waals surface area (Å²) in [6, 6.07) is -1.11. The number of carbonyl (C=O) groups excluding carboxylic acids is 2. The number of rotatable bonds is 9. The van der Waals surface area contributed by atoms with Crippen molar-refractivity contribution in [3.05, 3.63) is 0 Å². The molecule has 10 nitrogen and oxygen atoms in total. The smallest absolute Gasteiger partial charge is 0.232 e. The van der Waals surface area contributed by atoms with E-state index >= 15 is 4.39 Å². The minimum absolute atomic E-state index is 0.00769. The first-order valence-corrected chi connectivity index (χ1v) is 16.2. The molecule has 0 aliphatic carbocycles. The Morgan fingerprint density at radius 1 is 1.10 bits per heavy atom. The predicted octanol–water partition coefficient (Wildman–Crippen LogP) is 1.38. The average Bonchev–Trinajstić information content (AvgIpc) is 3.03. The number of nitrogens with zero attached hydrogens (tertiary/aromatic N) is 3. The summed E-state index contributed by atoms with van der Waals surface area (Å²) in [5.74, 6) is -1.00. The van der Waals surface area contributed by atoms with Crippen LogP contribution in [0.25, 0.3) is 0 Å². The number of piperidine rings is 2. The van der Waals surface area contributed by atoms with Crippen molar-refractivity contribution in [2.24, 2.45) is 22.6 Å². The van der Waals surface area contributed by atoms with Gasteiger partial charge in [-0.05, 0) is 45.7 Å². The number of unbranched alkanes of at least 4 members (excludes halogenated alkanes) is 3.